The molecule has 1 aliphatic rings. The summed E-state index contributed by atoms with van der Waals surface area (Å²) in [4.78, 5) is 12.1. The number of rotatable bonds is 4. The van der Waals surface area contributed by atoms with E-state index < -0.39 is 0 Å². The summed E-state index contributed by atoms with van der Waals surface area (Å²) in [5.41, 5.74) is 2.35. The highest BCUT2D eigenvalue weighted by atomic mass is 16.5. The molecule has 102 valence electrons. The lowest BCUT2D eigenvalue weighted by Crippen LogP contribution is -2.14. The molecule has 2 nitrogen and oxygen atoms in total. The van der Waals surface area contributed by atoms with Gasteiger partial charge >= 0.3 is 5.97 Å². The predicted octanol–water partition coefficient (Wildman–Crippen LogP) is 3.72. The Kier molecular flexibility index (Phi) is 3.79. The summed E-state index contributed by atoms with van der Waals surface area (Å²) < 4.78 is 5.23. The monoisotopic (exact) mass is 258 g/mol. The standard InChI is InChI=1S/C17H22O2/c1-5-19-16(18)15-14(11-12(2)3)17(15,4)13-9-7-6-8-10-13/h6-11,14-15H,5H2,1-4H3. The first-order valence-corrected chi connectivity index (χ1v) is 6.89. The minimum atomic E-state index is -0.120. The summed E-state index contributed by atoms with van der Waals surface area (Å²) >= 11 is 0. The Labute approximate surface area is 115 Å². The van der Waals surface area contributed by atoms with Gasteiger partial charge in [-0.1, -0.05) is 48.9 Å². The highest BCUT2D eigenvalue weighted by Crippen LogP contribution is 2.61. The molecule has 3 atom stereocenters. The number of benzene rings is 1. The molecule has 0 amide bonds. The maximum absolute atomic E-state index is 12.1. The van der Waals surface area contributed by atoms with E-state index in [1.54, 1.807) is 0 Å². The average Bonchev–Trinajstić information content (AvgIpc) is 2.96. The normalized spacial score (nSPS) is 28.6. The van der Waals surface area contributed by atoms with Gasteiger partial charge in [-0.05, 0) is 26.3 Å². The molecule has 2 rings (SSSR count). The third kappa shape index (κ3) is 2.44. The van der Waals surface area contributed by atoms with E-state index in [1.807, 2.05) is 25.1 Å². The molecule has 1 aromatic carbocycles. The van der Waals surface area contributed by atoms with Crippen molar-refractivity contribution in [3.63, 3.8) is 0 Å². The Bertz CT molecular complexity index is 485. The van der Waals surface area contributed by atoms with E-state index in [-0.39, 0.29) is 23.2 Å². The maximum atomic E-state index is 12.1. The zero-order valence-electron chi connectivity index (χ0n) is 12.1. The predicted molar refractivity (Wildman–Crippen MR) is 76.8 cm³/mol. The summed E-state index contributed by atoms with van der Waals surface area (Å²) in [6.07, 6.45) is 2.20. The van der Waals surface area contributed by atoms with Crippen molar-refractivity contribution in [2.75, 3.05) is 6.61 Å². The number of ether oxygens (including phenoxy) is 1. The zero-order chi connectivity index (χ0) is 14.0. The molecule has 0 N–H and O–H groups in total. The molecular weight excluding hydrogens is 236 g/mol. The molecule has 1 fully saturated rings. The number of hydrogen-bond acceptors (Lipinski definition) is 2. The van der Waals surface area contributed by atoms with Crippen molar-refractivity contribution in [1.82, 2.24) is 0 Å². The van der Waals surface area contributed by atoms with E-state index in [4.69, 9.17) is 4.74 Å². The highest BCUT2D eigenvalue weighted by molar-refractivity contribution is 5.80. The second kappa shape index (κ2) is 5.20. The van der Waals surface area contributed by atoms with Crippen molar-refractivity contribution in [3.8, 4) is 0 Å². The van der Waals surface area contributed by atoms with Gasteiger partial charge in [0.25, 0.3) is 0 Å². The van der Waals surface area contributed by atoms with Crippen LogP contribution in [0.15, 0.2) is 42.0 Å². The van der Waals surface area contributed by atoms with Crippen molar-refractivity contribution < 1.29 is 9.53 Å². The lowest BCUT2D eigenvalue weighted by molar-refractivity contribution is -0.145. The van der Waals surface area contributed by atoms with Gasteiger partial charge in [-0.25, -0.2) is 0 Å². The molecule has 1 aliphatic carbocycles. The van der Waals surface area contributed by atoms with Crippen molar-refractivity contribution in [1.29, 1.82) is 0 Å². The van der Waals surface area contributed by atoms with Crippen molar-refractivity contribution in [2.24, 2.45) is 11.8 Å². The SMILES string of the molecule is CCOC(=O)C1C(C=C(C)C)C1(C)c1ccccc1. The first-order valence-electron chi connectivity index (χ1n) is 6.89. The fourth-order valence-corrected chi connectivity index (χ4v) is 2.97. The molecule has 2 heteroatoms. The van der Waals surface area contributed by atoms with Crippen LogP contribution in [0.4, 0.5) is 0 Å². The molecule has 19 heavy (non-hydrogen) atoms. The van der Waals surface area contributed by atoms with Gasteiger partial charge in [0.05, 0.1) is 12.5 Å². The van der Waals surface area contributed by atoms with E-state index in [0.29, 0.717) is 6.61 Å². The van der Waals surface area contributed by atoms with Crippen LogP contribution in [0.5, 0.6) is 0 Å². The van der Waals surface area contributed by atoms with Gasteiger partial charge in [0.2, 0.25) is 0 Å². The number of hydrogen-bond donors (Lipinski definition) is 0. The van der Waals surface area contributed by atoms with Crippen LogP contribution in [0, 0.1) is 11.8 Å². The molecule has 0 aromatic heterocycles. The summed E-state index contributed by atoms with van der Waals surface area (Å²) in [5.74, 6) is 0.125. The molecule has 0 spiro atoms. The number of esters is 1. The average molecular weight is 258 g/mol. The van der Waals surface area contributed by atoms with Gasteiger partial charge in [-0.3, -0.25) is 4.79 Å². The van der Waals surface area contributed by atoms with Crippen LogP contribution in [-0.4, -0.2) is 12.6 Å². The lowest BCUT2D eigenvalue weighted by atomic mass is 9.93. The van der Waals surface area contributed by atoms with Gasteiger partial charge in [0.1, 0.15) is 0 Å². The minimum Gasteiger partial charge on any atom is -0.466 e. The van der Waals surface area contributed by atoms with Gasteiger partial charge in [-0.15, -0.1) is 0 Å². The van der Waals surface area contributed by atoms with E-state index in [0.717, 1.165) is 0 Å². The smallest absolute Gasteiger partial charge is 0.310 e. The third-order valence-corrected chi connectivity index (χ3v) is 4.04. The number of carbonyl (C=O) groups is 1. The van der Waals surface area contributed by atoms with E-state index in [2.05, 4.69) is 39.0 Å². The van der Waals surface area contributed by atoms with Crippen LogP contribution >= 0.6 is 0 Å². The van der Waals surface area contributed by atoms with Crippen molar-refractivity contribution in [2.45, 2.75) is 33.1 Å². The number of carbonyl (C=O) groups excluding carboxylic acids is 1. The maximum Gasteiger partial charge on any atom is 0.310 e. The Hall–Kier alpha value is -1.57. The summed E-state index contributed by atoms with van der Waals surface area (Å²) in [6, 6.07) is 10.3. The second-order valence-electron chi connectivity index (χ2n) is 5.65. The van der Waals surface area contributed by atoms with Gasteiger partial charge < -0.3 is 4.74 Å². The third-order valence-electron chi connectivity index (χ3n) is 4.04. The van der Waals surface area contributed by atoms with E-state index in [9.17, 15) is 4.79 Å². The molecule has 1 aromatic rings. The highest BCUT2D eigenvalue weighted by Gasteiger charge is 2.65. The van der Waals surface area contributed by atoms with Crippen LogP contribution in [0.1, 0.15) is 33.3 Å². The van der Waals surface area contributed by atoms with Crippen molar-refractivity contribution in [3.05, 3.63) is 47.5 Å². The van der Waals surface area contributed by atoms with Gasteiger partial charge in [0.15, 0.2) is 0 Å². The fourth-order valence-electron chi connectivity index (χ4n) is 2.97. The van der Waals surface area contributed by atoms with Gasteiger partial charge in [0, 0.05) is 11.3 Å². The van der Waals surface area contributed by atoms with Crippen LogP contribution in [0.25, 0.3) is 0 Å². The lowest BCUT2D eigenvalue weighted by Gasteiger charge is -2.11. The van der Waals surface area contributed by atoms with Crippen LogP contribution in [0.2, 0.25) is 0 Å². The molecule has 0 radical (unpaired) electrons. The second-order valence-corrected chi connectivity index (χ2v) is 5.65. The van der Waals surface area contributed by atoms with Crippen molar-refractivity contribution >= 4 is 5.97 Å². The van der Waals surface area contributed by atoms with E-state index >= 15 is 0 Å². The fraction of sp³-hybridized carbons (Fsp3) is 0.471. The summed E-state index contributed by atoms with van der Waals surface area (Å²) in [7, 11) is 0. The summed E-state index contributed by atoms with van der Waals surface area (Å²) in [6.45, 7) is 8.61. The van der Waals surface area contributed by atoms with Gasteiger partial charge in [-0.2, -0.15) is 0 Å². The molecule has 1 saturated carbocycles. The van der Waals surface area contributed by atoms with Crippen LogP contribution in [-0.2, 0) is 14.9 Å². The number of allylic oxidation sites excluding steroid dienone is 2. The largest absolute Gasteiger partial charge is 0.466 e. The Morgan fingerprint density at radius 1 is 1.32 bits per heavy atom. The topological polar surface area (TPSA) is 26.3 Å². The molecular formula is C17H22O2. The van der Waals surface area contributed by atoms with Crippen LogP contribution in [0.3, 0.4) is 0 Å². The molecule has 0 heterocycles. The van der Waals surface area contributed by atoms with E-state index in [1.165, 1.54) is 11.1 Å². The quantitative estimate of drug-likeness (QED) is 0.607. The first-order chi connectivity index (χ1) is 9.01. The zero-order valence-corrected chi connectivity index (χ0v) is 12.1. The molecule has 0 aliphatic heterocycles. The summed E-state index contributed by atoms with van der Waals surface area (Å²) in [5, 5.41) is 0. The molecule has 0 bridgehead atoms. The first kappa shape index (κ1) is 13.9. The Morgan fingerprint density at radius 2 is 1.95 bits per heavy atom. The van der Waals surface area contributed by atoms with Crippen LogP contribution < -0.4 is 0 Å². The Morgan fingerprint density at radius 3 is 2.47 bits per heavy atom. The minimum absolute atomic E-state index is 0.0512. The Balaban J connectivity index is 2.32. The molecule has 0 saturated heterocycles. The molecule has 3 unspecified atom stereocenters.